The number of hydrogen-bond donors (Lipinski definition) is 1. The van der Waals surface area contributed by atoms with Crippen LogP contribution in [0.2, 0.25) is 0 Å². The minimum absolute atomic E-state index is 0.0201. The Morgan fingerprint density at radius 3 is 2.69 bits per heavy atom. The Morgan fingerprint density at radius 1 is 1.03 bits per heavy atom. The van der Waals surface area contributed by atoms with Gasteiger partial charge in [0.1, 0.15) is 15.9 Å². The fraction of sp³-hybridized carbons (Fsp3) is 0.143. The first-order valence-corrected chi connectivity index (χ1v) is 12.3. The fourth-order valence-electron chi connectivity index (χ4n) is 4.70. The Hall–Kier alpha value is -3.84. The monoisotopic (exact) mass is 523 g/mol. The van der Waals surface area contributed by atoms with E-state index in [-0.39, 0.29) is 11.9 Å². The van der Waals surface area contributed by atoms with Crippen molar-refractivity contribution in [2.45, 2.75) is 25.8 Å². The van der Waals surface area contributed by atoms with Crippen LogP contribution in [0.25, 0.3) is 28.2 Å². The number of amides is 1. The highest BCUT2D eigenvalue weighted by atomic mass is 79.9. The SMILES string of the molecule is Cc1ccc(C(=O)N[C@H]2CCc3cc(-n4c(-c5ccccc5)nc5ccc(Br)nc54)ccc32)cn1. The number of halogens is 1. The van der Waals surface area contributed by atoms with Crippen molar-refractivity contribution in [1.29, 1.82) is 0 Å². The van der Waals surface area contributed by atoms with Gasteiger partial charge in [-0.25, -0.2) is 9.97 Å². The van der Waals surface area contributed by atoms with Gasteiger partial charge in [-0.2, -0.15) is 0 Å². The first-order chi connectivity index (χ1) is 17.1. The zero-order chi connectivity index (χ0) is 23.9. The number of carbonyl (C=O) groups excluding carboxylic acids is 1. The number of pyridine rings is 2. The molecule has 3 aromatic heterocycles. The molecule has 2 aromatic carbocycles. The molecular weight excluding hydrogens is 502 g/mol. The highest BCUT2D eigenvalue weighted by Crippen LogP contribution is 2.35. The summed E-state index contributed by atoms with van der Waals surface area (Å²) in [4.78, 5) is 26.7. The highest BCUT2D eigenvalue weighted by Gasteiger charge is 2.26. The second-order valence-electron chi connectivity index (χ2n) is 8.75. The first kappa shape index (κ1) is 21.7. The largest absolute Gasteiger partial charge is 0.345 e. The summed E-state index contributed by atoms with van der Waals surface area (Å²) in [5, 5.41) is 3.18. The van der Waals surface area contributed by atoms with Crippen LogP contribution in [0, 0.1) is 6.92 Å². The fourth-order valence-corrected chi connectivity index (χ4v) is 5.00. The van der Waals surface area contributed by atoms with Crippen LogP contribution >= 0.6 is 15.9 Å². The van der Waals surface area contributed by atoms with E-state index in [1.807, 2.05) is 49.4 Å². The van der Waals surface area contributed by atoms with Gasteiger partial charge in [0.2, 0.25) is 0 Å². The molecule has 5 aromatic rings. The molecule has 7 heteroatoms. The number of rotatable bonds is 4. The maximum absolute atomic E-state index is 12.8. The minimum Gasteiger partial charge on any atom is -0.345 e. The van der Waals surface area contributed by atoms with Crippen LogP contribution in [0.3, 0.4) is 0 Å². The van der Waals surface area contributed by atoms with Gasteiger partial charge in [-0.05, 0) is 83.2 Å². The average Bonchev–Trinajstić information content (AvgIpc) is 3.45. The van der Waals surface area contributed by atoms with E-state index in [1.165, 1.54) is 5.56 Å². The molecule has 1 amide bonds. The molecule has 0 spiro atoms. The molecule has 3 heterocycles. The molecule has 0 unspecified atom stereocenters. The number of aryl methyl sites for hydroxylation is 2. The molecule has 0 saturated carbocycles. The van der Waals surface area contributed by atoms with E-state index in [0.717, 1.165) is 56.9 Å². The number of nitrogens with zero attached hydrogens (tertiary/aromatic N) is 4. The lowest BCUT2D eigenvalue weighted by molar-refractivity contribution is 0.0936. The average molecular weight is 524 g/mol. The third kappa shape index (κ3) is 4.02. The number of carbonyl (C=O) groups is 1. The number of benzene rings is 2. The summed E-state index contributed by atoms with van der Waals surface area (Å²) in [7, 11) is 0. The van der Waals surface area contributed by atoms with Gasteiger partial charge in [-0.15, -0.1) is 0 Å². The van der Waals surface area contributed by atoms with Crippen LogP contribution in [-0.2, 0) is 6.42 Å². The van der Waals surface area contributed by atoms with Gasteiger partial charge in [0, 0.05) is 23.1 Å². The van der Waals surface area contributed by atoms with Crippen LogP contribution in [0.4, 0.5) is 0 Å². The molecule has 1 aliphatic carbocycles. The third-order valence-corrected chi connectivity index (χ3v) is 6.89. The van der Waals surface area contributed by atoms with E-state index in [1.54, 1.807) is 6.20 Å². The maximum Gasteiger partial charge on any atom is 0.253 e. The lowest BCUT2D eigenvalue weighted by Gasteiger charge is -2.15. The Bertz CT molecular complexity index is 1560. The van der Waals surface area contributed by atoms with Crippen molar-refractivity contribution in [3.63, 3.8) is 0 Å². The normalized spacial score (nSPS) is 14.7. The smallest absolute Gasteiger partial charge is 0.253 e. The maximum atomic E-state index is 12.8. The van der Waals surface area contributed by atoms with E-state index in [4.69, 9.17) is 9.97 Å². The molecule has 6 rings (SSSR count). The zero-order valence-corrected chi connectivity index (χ0v) is 20.7. The van der Waals surface area contributed by atoms with Crippen LogP contribution in [0.5, 0.6) is 0 Å². The minimum atomic E-state index is -0.0968. The van der Waals surface area contributed by atoms with Crippen LogP contribution < -0.4 is 5.32 Å². The Morgan fingerprint density at radius 2 is 1.89 bits per heavy atom. The van der Waals surface area contributed by atoms with Crippen molar-refractivity contribution in [3.8, 4) is 17.1 Å². The Balaban J connectivity index is 1.38. The summed E-state index contributed by atoms with van der Waals surface area (Å²) in [6, 6.07) is 24.1. The number of fused-ring (bicyclic) bond motifs is 2. The highest BCUT2D eigenvalue weighted by molar-refractivity contribution is 9.10. The molecule has 6 nitrogen and oxygen atoms in total. The van der Waals surface area contributed by atoms with Crippen LogP contribution in [-0.4, -0.2) is 25.4 Å². The summed E-state index contributed by atoms with van der Waals surface area (Å²) in [6.07, 6.45) is 3.39. The second-order valence-corrected chi connectivity index (χ2v) is 9.56. The number of imidazole rings is 1. The second kappa shape index (κ2) is 8.74. The van der Waals surface area contributed by atoms with Gasteiger partial charge in [-0.1, -0.05) is 36.4 Å². The van der Waals surface area contributed by atoms with Crippen LogP contribution in [0.1, 0.15) is 39.6 Å². The molecule has 0 radical (unpaired) electrons. The van der Waals surface area contributed by atoms with E-state index in [9.17, 15) is 4.79 Å². The van der Waals surface area contributed by atoms with Crippen molar-refractivity contribution < 1.29 is 4.79 Å². The van der Waals surface area contributed by atoms with Gasteiger partial charge < -0.3 is 5.32 Å². The molecule has 0 saturated heterocycles. The molecular formula is C28H22BrN5O. The van der Waals surface area contributed by atoms with Gasteiger partial charge in [0.25, 0.3) is 5.91 Å². The topological polar surface area (TPSA) is 72.7 Å². The van der Waals surface area contributed by atoms with E-state index in [0.29, 0.717) is 5.56 Å². The van der Waals surface area contributed by atoms with E-state index in [2.05, 4.69) is 61.1 Å². The first-order valence-electron chi connectivity index (χ1n) is 11.5. The molecule has 172 valence electrons. The Kier molecular flexibility index (Phi) is 5.41. The molecule has 0 bridgehead atoms. The summed E-state index contributed by atoms with van der Waals surface area (Å²) in [6.45, 7) is 1.91. The predicted molar refractivity (Wildman–Crippen MR) is 140 cm³/mol. The molecule has 0 aliphatic heterocycles. The standard InChI is InChI=1S/C28H22BrN5O/c1-17-7-8-20(16-30-17)28(35)32-23-12-9-19-15-21(10-11-22(19)23)34-26(18-5-3-2-4-6-18)31-24-13-14-25(29)33-27(24)34/h2-8,10-11,13-16,23H,9,12H2,1H3,(H,32,35)/t23-/m0/s1. The summed E-state index contributed by atoms with van der Waals surface area (Å²) in [5.74, 6) is 0.751. The summed E-state index contributed by atoms with van der Waals surface area (Å²) in [5.41, 5.74) is 7.52. The lowest BCUT2D eigenvalue weighted by Crippen LogP contribution is -2.27. The van der Waals surface area contributed by atoms with Gasteiger partial charge in [-0.3, -0.25) is 14.3 Å². The zero-order valence-electron chi connectivity index (χ0n) is 19.1. The Labute approximate surface area is 211 Å². The summed E-state index contributed by atoms with van der Waals surface area (Å²) < 4.78 is 2.87. The number of hydrogen-bond acceptors (Lipinski definition) is 4. The van der Waals surface area contributed by atoms with Gasteiger partial charge in [0.15, 0.2) is 5.65 Å². The predicted octanol–water partition coefficient (Wildman–Crippen LogP) is 5.97. The quantitative estimate of drug-likeness (QED) is 0.294. The molecule has 1 aliphatic rings. The number of aromatic nitrogens is 4. The van der Waals surface area contributed by atoms with Crippen molar-refractivity contribution in [1.82, 2.24) is 24.8 Å². The van der Waals surface area contributed by atoms with Crippen molar-refractivity contribution >= 4 is 33.0 Å². The van der Waals surface area contributed by atoms with Gasteiger partial charge in [0.05, 0.1) is 11.6 Å². The van der Waals surface area contributed by atoms with Crippen LogP contribution in [0.15, 0.2) is 83.6 Å². The van der Waals surface area contributed by atoms with E-state index < -0.39 is 0 Å². The molecule has 35 heavy (non-hydrogen) atoms. The van der Waals surface area contributed by atoms with Crippen molar-refractivity contribution in [2.24, 2.45) is 0 Å². The van der Waals surface area contributed by atoms with E-state index >= 15 is 0 Å². The van der Waals surface area contributed by atoms with Crippen molar-refractivity contribution in [2.75, 3.05) is 0 Å². The molecule has 1 N–H and O–H groups in total. The van der Waals surface area contributed by atoms with Crippen molar-refractivity contribution in [3.05, 3.63) is 106 Å². The third-order valence-electron chi connectivity index (χ3n) is 6.44. The van der Waals surface area contributed by atoms with Gasteiger partial charge >= 0.3 is 0 Å². The summed E-state index contributed by atoms with van der Waals surface area (Å²) >= 11 is 3.51. The number of nitrogens with one attached hydrogen (secondary N) is 1. The molecule has 0 fully saturated rings. The molecule has 1 atom stereocenters. The lowest BCUT2D eigenvalue weighted by atomic mass is 10.1.